The molecule has 0 spiro atoms. The Morgan fingerprint density at radius 3 is 2.83 bits per heavy atom. The van der Waals surface area contributed by atoms with Crippen molar-refractivity contribution in [2.24, 2.45) is 0 Å². The van der Waals surface area contributed by atoms with Crippen molar-refractivity contribution in [3.05, 3.63) is 23.8 Å². The third kappa shape index (κ3) is 3.45. The van der Waals surface area contributed by atoms with Gasteiger partial charge < -0.3 is 20.7 Å². The summed E-state index contributed by atoms with van der Waals surface area (Å²) in [6, 6.07) is 5.50. The molecule has 1 heterocycles. The number of aryl methyl sites for hydroxylation is 1. The monoisotopic (exact) mass is 250 g/mol. The van der Waals surface area contributed by atoms with Crippen molar-refractivity contribution >= 4 is 17.3 Å². The van der Waals surface area contributed by atoms with Gasteiger partial charge in [-0.15, -0.1) is 0 Å². The van der Waals surface area contributed by atoms with E-state index in [1.165, 1.54) is 4.90 Å². The van der Waals surface area contributed by atoms with Crippen LogP contribution < -0.4 is 16.0 Å². The van der Waals surface area contributed by atoms with E-state index >= 15 is 0 Å². The summed E-state index contributed by atoms with van der Waals surface area (Å²) in [7, 11) is 0. The van der Waals surface area contributed by atoms with Crippen LogP contribution in [-0.4, -0.2) is 38.8 Å². The van der Waals surface area contributed by atoms with E-state index in [0.29, 0.717) is 12.2 Å². The number of anilines is 2. The number of nitrogen functional groups attached to an aromatic ring is 1. The summed E-state index contributed by atoms with van der Waals surface area (Å²) in [6.07, 6.45) is 0. The van der Waals surface area contributed by atoms with Crippen molar-refractivity contribution < 1.29 is 14.4 Å². The SMILES string of the molecule is Cc1cc(N)ccc1NC(=O)C[NH+]1CCOCC1. The molecule has 0 aliphatic carbocycles. The lowest BCUT2D eigenvalue weighted by Crippen LogP contribution is -3.15. The average molecular weight is 250 g/mol. The molecular weight excluding hydrogens is 230 g/mol. The molecule has 2 rings (SSSR count). The van der Waals surface area contributed by atoms with Crippen molar-refractivity contribution in [1.82, 2.24) is 0 Å². The predicted octanol–water partition coefficient (Wildman–Crippen LogP) is -0.569. The van der Waals surface area contributed by atoms with E-state index in [-0.39, 0.29) is 5.91 Å². The van der Waals surface area contributed by atoms with Crippen LogP contribution in [0.2, 0.25) is 0 Å². The van der Waals surface area contributed by atoms with Gasteiger partial charge in [0.15, 0.2) is 6.54 Å². The molecule has 0 atom stereocenters. The third-order valence-corrected chi connectivity index (χ3v) is 3.14. The van der Waals surface area contributed by atoms with Gasteiger partial charge in [-0.3, -0.25) is 4.79 Å². The number of amides is 1. The number of nitrogens with one attached hydrogen (secondary N) is 2. The summed E-state index contributed by atoms with van der Waals surface area (Å²) in [5.74, 6) is 0.0415. The van der Waals surface area contributed by atoms with Crippen LogP contribution in [0.25, 0.3) is 0 Å². The van der Waals surface area contributed by atoms with E-state index in [2.05, 4.69) is 5.32 Å². The van der Waals surface area contributed by atoms with Gasteiger partial charge in [-0.2, -0.15) is 0 Å². The fourth-order valence-corrected chi connectivity index (χ4v) is 2.09. The van der Waals surface area contributed by atoms with E-state index in [1.54, 1.807) is 6.07 Å². The van der Waals surface area contributed by atoms with E-state index in [0.717, 1.165) is 37.6 Å². The molecule has 0 radical (unpaired) electrons. The fourth-order valence-electron chi connectivity index (χ4n) is 2.09. The lowest BCUT2D eigenvalue weighted by molar-refractivity contribution is -0.899. The quantitative estimate of drug-likeness (QED) is 0.629. The second kappa shape index (κ2) is 5.84. The second-order valence-electron chi connectivity index (χ2n) is 4.66. The molecule has 0 unspecified atom stereocenters. The zero-order valence-electron chi connectivity index (χ0n) is 10.7. The summed E-state index contributed by atoms with van der Waals surface area (Å²) in [5, 5.41) is 2.93. The molecule has 0 aromatic heterocycles. The van der Waals surface area contributed by atoms with E-state index in [4.69, 9.17) is 10.5 Å². The van der Waals surface area contributed by atoms with Crippen LogP contribution in [0.3, 0.4) is 0 Å². The Hall–Kier alpha value is -1.59. The number of quaternary nitrogens is 1. The van der Waals surface area contributed by atoms with Crippen molar-refractivity contribution in [2.45, 2.75) is 6.92 Å². The molecule has 1 fully saturated rings. The highest BCUT2D eigenvalue weighted by Gasteiger charge is 2.17. The molecule has 5 nitrogen and oxygen atoms in total. The Morgan fingerprint density at radius 2 is 2.17 bits per heavy atom. The van der Waals surface area contributed by atoms with Gasteiger partial charge in [-0.05, 0) is 30.7 Å². The Bertz CT molecular complexity index is 428. The number of hydrogen-bond acceptors (Lipinski definition) is 3. The van der Waals surface area contributed by atoms with Crippen molar-refractivity contribution in [2.75, 3.05) is 43.9 Å². The zero-order chi connectivity index (χ0) is 13.0. The first kappa shape index (κ1) is 12.9. The lowest BCUT2D eigenvalue weighted by Gasteiger charge is -2.23. The van der Waals surface area contributed by atoms with E-state index in [1.807, 2.05) is 19.1 Å². The second-order valence-corrected chi connectivity index (χ2v) is 4.66. The minimum absolute atomic E-state index is 0.0415. The minimum Gasteiger partial charge on any atom is -0.399 e. The van der Waals surface area contributed by atoms with Gasteiger partial charge in [-0.1, -0.05) is 0 Å². The fraction of sp³-hybridized carbons (Fsp3) is 0.462. The first-order valence-electron chi connectivity index (χ1n) is 6.22. The number of carbonyl (C=O) groups excluding carboxylic acids is 1. The average Bonchev–Trinajstić information content (AvgIpc) is 2.34. The third-order valence-electron chi connectivity index (χ3n) is 3.14. The van der Waals surface area contributed by atoms with Crippen LogP contribution in [0.1, 0.15) is 5.56 Å². The normalized spacial score (nSPS) is 16.5. The van der Waals surface area contributed by atoms with Gasteiger partial charge >= 0.3 is 0 Å². The number of morpholine rings is 1. The highest BCUT2D eigenvalue weighted by atomic mass is 16.5. The maximum atomic E-state index is 11.9. The van der Waals surface area contributed by atoms with Gasteiger partial charge in [0.2, 0.25) is 0 Å². The molecule has 1 aliphatic rings. The first-order valence-corrected chi connectivity index (χ1v) is 6.22. The molecule has 1 amide bonds. The van der Waals surface area contributed by atoms with Crippen LogP contribution in [-0.2, 0) is 9.53 Å². The largest absolute Gasteiger partial charge is 0.399 e. The molecule has 1 aliphatic heterocycles. The minimum atomic E-state index is 0.0415. The highest BCUT2D eigenvalue weighted by molar-refractivity contribution is 5.92. The van der Waals surface area contributed by atoms with Gasteiger partial charge in [0.1, 0.15) is 13.1 Å². The predicted molar refractivity (Wildman–Crippen MR) is 70.6 cm³/mol. The van der Waals surface area contributed by atoms with Crippen LogP contribution in [0, 0.1) is 6.92 Å². The topological polar surface area (TPSA) is 68.8 Å². The Balaban J connectivity index is 1.90. The summed E-state index contributed by atoms with van der Waals surface area (Å²) >= 11 is 0. The summed E-state index contributed by atoms with van der Waals surface area (Å²) in [5.41, 5.74) is 8.21. The van der Waals surface area contributed by atoms with Crippen molar-refractivity contribution in [3.8, 4) is 0 Å². The molecule has 98 valence electrons. The smallest absolute Gasteiger partial charge is 0.279 e. The molecular formula is C13H20N3O2+. The van der Waals surface area contributed by atoms with Crippen molar-refractivity contribution in [1.29, 1.82) is 0 Å². The number of ether oxygens (including phenoxy) is 1. The molecule has 18 heavy (non-hydrogen) atoms. The first-order chi connectivity index (χ1) is 8.65. The number of hydrogen-bond donors (Lipinski definition) is 3. The summed E-state index contributed by atoms with van der Waals surface area (Å²) in [6.45, 7) is 5.70. The molecule has 5 heteroatoms. The van der Waals surface area contributed by atoms with Gasteiger partial charge in [0.25, 0.3) is 5.91 Å². The summed E-state index contributed by atoms with van der Waals surface area (Å²) < 4.78 is 5.27. The van der Waals surface area contributed by atoms with Crippen LogP contribution in [0.15, 0.2) is 18.2 Å². The number of benzene rings is 1. The van der Waals surface area contributed by atoms with E-state index < -0.39 is 0 Å². The number of rotatable bonds is 3. The molecule has 1 saturated heterocycles. The van der Waals surface area contributed by atoms with Crippen LogP contribution in [0.4, 0.5) is 11.4 Å². The Kier molecular flexibility index (Phi) is 4.17. The molecule has 4 N–H and O–H groups in total. The standard InChI is InChI=1S/C13H19N3O2/c1-10-8-11(14)2-3-12(10)15-13(17)9-16-4-6-18-7-5-16/h2-3,8H,4-7,9,14H2,1H3,(H,15,17)/p+1. The molecule has 1 aromatic rings. The molecule has 1 aromatic carbocycles. The number of nitrogens with two attached hydrogens (primary N) is 1. The summed E-state index contributed by atoms with van der Waals surface area (Å²) in [4.78, 5) is 13.2. The van der Waals surface area contributed by atoms with Gasteiger partial charge in [-0.25, -0.2) is 0 Å². The maximum absolute atomic E-state index is 11.9. The van der Waals surface area contributed by atoms with Gasteiger partial charge in [0.05, 0.1) is 13.2 Å². The lowest BCUT2D eigenvalue weighted by atomic mass is 10.2. The molecule has 0 saturated carbocycles. The van der Waals surface area contributed by atoms with Crippen LogP contribution >= 0.6 is 0 Å². The Labute approximate surface area is 107 Å². The van der Waals surface area contributed by atoms with E-state index in [9.17, 15) is 4.79 Å². The zero-order valence-corrected chi connectivity index (χ0v) is 10.7. The van der Waals surface area contributed by atoms with Crippen LogP contribution in [0.5, 0.6) is 0 Å². The maximum Gasteiger partial charge on any atom is 0.279 e. The highest BCUT2D eigenvalue weighted by Crippen LogP contribution is 2.17. The van der Waals surface area contributed by atoms with Crippen molar-refractivity contribution in [3.63, 3.8) is 0 Å². The molecule has 0 bridgehead atoms. The Morgan fingerprint density at radius 1 is 1.44 bits per heavy atom. The van der Waals surface area contributed by atoms with Gasteiger partial charge in [0, 0.05) is 11.4 Å². The number of carbonyl (C=O) groups is 1.